The molecule has 1 unspecified atom stereocenters. The fourth-order valence-corrected chi connectivity index (χ4v) is 1.77. The second-order valence-electron chi connectivity index (χ2n) is 3.74. The van der Waals surface area contributed by atoms with Gasteiger partial charge in [-0.1, -0.05) is 12.1 Å². The molecule has 0 radical (unpaired) electrons. The van der Waals surface area contributed by atoms with Crippen molar-refractivity contribution < 1.29 is 13.2 Å². The van der Waals surface area contributed by atoms with Crippen molar-refractivity contribution in [2.24, 2.45) is 0 Å². The predicted molar refractivity (Wildman–Crippen MR) is 61.5 cm³/mol. The minimum absolute atomic E-state index is 0.0232. The van der Waals surface area contributed by atoms with Crippen molar-refractivity contribution in [3.05, 3.63) is 65.2 Å². The predicted octanol–water partition coefficient (Wildman–Crippen LogP) is 2.81. The van der Waals surface area contributed by atoms with Crippen molar-refractivity contribution in [2.75, 3.05) is 7.05 Å². The summed E-state index contributed by atoms with van der Waals surface area (Å²) < 4.78 is 39.8. The molecule has 1 N–H and O–H groups in total. The van der Waals surface area contributed by atoms with Gasteiger partial charge in [-0.2, -0.15) is 0 Å². The summed E-state index contributed by atoms with van der Waals surface area (Å²) in [5, 5.41) is 2.83. The Morgan fingerprint density at radius 2 is 1.83 bits per heavy atom. The third-order valence-electron chi connectivity index (χ3n) is 2.65. The van der Waals surface area contributed by atoms with Gasteiger partial charge >= 0.3 is 0 Å². The molecule has 1 aromatic heterocycles. The summed E-state index contributed by atoms with van der Waals surface area (Å²) in [7, 11) is 1.60. The zero-order chi connectivity index (χ0) is 13.1. The molecule has 0 spiro atoms. The van der Waals surface area contributed by atoms with E-state index in [1.807, 2.05) is 0 Å². The van der Waals surface area contributed by atoms with Crippen LogP contribution in [0.2, 0.25) is 0 Å². The number of aromatic nitrogens is 1. The summed E-state index contributed by atoms with van der Waals surface area (Å²) in [6.45, 7) is 0. The standard InChI is InChI=1S/C13H11F3N2/c1-17-13(10-4-2-3-7-18-10)8-5-6-9(14)12(16)11(8)15/h2-7,13,17H,1H3. The molecular formula is C13H11F3N2. The van der Waals surface area contributed by atoms with Crippen LogP contribution >= 0.6 is 0 Å². The number of halogens is 3. The van der Waals surface area contributed by atoms with Gasteiger partial charge in [0.15, 0.2) is 17.5 Å². The Bertz CT molecular complexity index is 543. The van der Waals surface area contributed by atoms with Crippen LogP contribution < -0.4 is 5.32 Å². The molecule has 1 heterocycles. The lowest BCUT2D eigenvalue weighted by molar-refractivity contribution is 0.434. The van der Waals surface area contributed by atoms with Crippen LogP contribution in [0.5, 0.6) is 0 Å². The van der Waals surface area contributed by atoms with Crippen LogP contribution in [-0.4, -0.2) is 12.0 Å². The molecule has 0 aliphatic carbocycles. The monoisotopic (exact) mass is 252 g/mol. The highest BCUT2D eigenvalue weighted by atomic mass is 19.2. The van der Waals surface area contributed by atoms with Crippen LogP contribution in [0.15, 0.2) is 36.5 Å². The lowest BCUT2D eigenvalue weighted by Gasteiger charge is -2.17. The lowest BCUT2D eigenvalue weighted by Crippen LogP contribution is -2.20. The summed E-state index contributed by atoms with van der Waals surface area (Å²) in [6.07, 6.45) is 1.55. The zero-order valence-electron chi connectivity index (χ0n) is 9.62. The molecule has 0 saturated heterocycles. The Morgan fingerprint density at radius 3 is 2.44 bits per heavy atom. The van der Waals surface area contributed by atoms with E-state index in [1.165, 1.54) is 6.07 Å². The molecule has 94 valence electrons. The number of hydrogen-bond acceptors (Lipinski definition) is 2. The number of nitrogens with one attached hydrogen (secondary N) is 1. The maximum atomic E-state index is 13.7. The largest absolute Gasteiger partial charge is 0.308 e. The number of hydrogen-bond donors (Lipinski definition) is 1. The highest BCUT2D eigenvalue weighted by Gasteiger charge is 2.21. The molecule has 18 heavy (non-hydrogen) atoms. The van der Waals surface area contributed by atoms with E-state index >= 15 is 0 Å². The average molecular weight is 252 g/mol. The van der Waals surface area contributed by atoms with Gasteiger partial charge in [0.2, 0.25) is 0 Å². The maximum Gasteiger partial charge on any atom is 0.194 e. The van der Waals surface area contributed by atoms with E-state index in [0.29, 0.717) is 5.69 Å². The fraction of sp³-hybridized carbons (Fsp3) is 0.154. The summed E-state index contributed by atoms with van der Waals surface area (Å²) in [4.78, 5) is 4.07. The van der Waals surface area contributed by atoms with Crippen molar-refractivity contribution in [1.29, 1.82) is 0 Å². The summed E-state index contributed by atoms with van der Waals surface area (Å²) in [6, 6.07) is 6.63. The quantitative estimate of drug-likeness (QED) is 0.850. The van der Waals surface area contributed by atoms with E-state index in [2.05, 4.69) is 10.3 Å². The van der Waals surface area contributed by atoms with Crippen LogP contribution in [0.1, 0.15) is 17.3 Å². The van der Waals surface area contributed by atoms with Gasteiger partial charge in [0.25, 0.3) is 0 Å². The third kappa shape index (κ3) is 2.22. The number of rotatable bonds is 3. The maximum absolute atomic E-state index is 13.7. The summed E-state index contributed by atoms with van der Waals surface area (Å²) in [5.41, 5.74) is 0.556. The number of benzene rings is 1. The molecule has 2 aromatic rings. The first-order valence-corrected chi connectivity index (χ1v) is 5.36. The Kier molecular flexibility index (Phi) is 3.62. The Hall–Kier alpha value is -1.88. The molecule has 1 aromatic carbocycles. The van der Waals surface area contributed by atoms with E-state index in [-0.39, 0.29) is 5.56 Å². The molecule has 2 nitrogen and oxygen atoms in total. The first kappa shape index (κ1) is 12.6. The molecule has 0 saturated carbocycles. The van der Waals surface area contributed by atoms with Crippen LogP contribution in [0.3, 0.4) is 0 Å². The van der Waals surface area contributed by atoms with Gasteiger partial charge in [-0.05, 0) is 25.2 Å². The van der Waals surface area contributed by atoms with Crippen LogP contribution in [0.25, 0.3) is 0 Å². The van der Waals surface area contributed by atoms with E-state index in [0.717, 1.165) is 6.07 Å². The van der Waals surface area contributed by atoms with Crippen LogP contribution in [-0.2, 0) is 0 Å². The highest BCUT2D eigenvalue weighted by molar-refractivity contribution is 5.30. The molecular weight excluding hydrogens is 241 g/mol. The van der Waals surface area contributed by atoms with E-state index in [4.69, 9.17) is 0 Å². The molecule has 0 fully saturated rings. The lowest BCUT2D eigenvalue weighted by atomic mass is 10.0. The van der Waals surface area contributed by atoms with Gasteiger partial charge in [0, 0.05) is 11.8 Å². The topological polar surface area (TPSA) is 24.9 Å². The first-order chi connectivity index (χ1) is 8.65. The smallest absolute Gasteiger partial charge is 0.194 e. The molecule has 1 atom stereocenters. The van der Waals surface area contributed by atoms with Crippen molar-refractivity contribution in [3.63, 3.8) is 0 Å². The fourth-order valence-electron chi connectivity index (χ4n) is 1.77. The third-order valence-corrected chi connectivity index (χ3v) is 2.65. The second kappa shape index (κ2) is 5.18. The van der Waals surface area contributed by atoms with Crippen molar-refractivity contribution in [1.82, 2.24) is 10.3 Å². The van der Waals surface area contributed by atoms with Crippen molar-refractivity contribution in [2.45, 2.75) is 6.04 Å². The van der Waals surface area contributed by atoms with Gasteiger partial charge < -0.3 is 5.32 Å². The molecule has 0 aliphatic heterocycles. The van der Waals surface area contributed by atoms with Crippen molar-refractivity contribution >= 4 is 0 Å². The summed E-state index contributed by atoms with van der Waals surface area (Å²) >= 11 is 0. The molecule has 5 heteroatoms. The highest BCUT2D eigenvalue weighted by Crippen LogP contribution is 2.25. The molecule has 0 amide bonds. The Labute approximate surface area is 102 Å². The van der Waals surface area contributed by atoms with E-state index in [9.17, 15) is 13.2 Å². The van der Waals surface area contributed by atoms with E-state index < -0.39 is 23.5 Å². The molecule has 0 bridgehead atoms. The minimum Gasteiger partial charge on any atom is -0.308 e. The van der Waals surface area contributed by atoms with Gasteiger partial charge in [-0.15, -0.1) is 0 Å². The van der Waals surface area contributed by atoms with E-state index in [1.54, 1.807) is 31.4 Å². The number of pyridine rings is 1. The number of nitrogens with zero attached hydrogens (tertiary/aromatic N) is 1. The molecule has 2 rings (SSSR count). The summed E-state index contributed by atoms with van der Waals surface area (Å²) in [5.74, 6) is -3.86. The van der Waals surface area contributed by atoms with Crippen molar-refractivity contribution in [3.8, 4) is 0 Å². The van der Waals surface area contributed by atoms with Crippen LogP contribution in [0.4, 0.5) is 13.2 Å². The van der Waals surface area contributed by atoms with Gasteiger partial charge in [-0.3, -0.25) is 4.98 Å². The SMILES string of the molecule is CNC(c1ccccn1)c1ccc(F)c(F)c1F. The average Bonchev–Trinajstić information content (AvgIpc) is 2.41. The molecule has 0 aliphatic rings. The van der Waals surface area contributed by atoms with Gasteiger partial charge in [0.1, 0.15) is 0 Å². The normalized spacial score (nSPS) is 12.4. The van der Waals surface area contributed by atoms with Gasteiger partial charge in [0.05, 0.1) is 11.7 Å². The Balaban J connectivity index is 2.50. The zero-order valence-corrected chi connectivity index (χ0v) is 9.62. The second-order valence-corrected chi connectivity index (χ2v) is 3.74. The minimum atomic E-state index is -1.47. The first-order valence-electron chi connectivity index (χ1n) is 5.36. The Morgan fingerprint density at radius 1 is 1.06 bits per heavy atom. The van der Waals surface area contributed by atoms with Crippen LogP contribution in [0, 0.1) is 17.5 Å². The van der Waals surface area contributed by atoms with Gasteiger partial charge in [-0.25, -0.2) is 13.2 Å².